The number of rotatable bonds is 5. The molecule has 1 aromatic heterocycles. The van der Waals surface area contributed by atoms with Gasteiger partial charge in [-0.2, -0.15) is 0 Å². The molecular weight excluding hydrogens is 286 g/mol. The standard InChI is InChI=1S/C15H17N3O2S/c1-2-12-10-14(11-8-9-11)17-15(16-12)18-21(19,20)13-6-4-3-5-7-13/h3-7,10-11H,2,8-9H2,1H3,(H,16,17,18). The van der Waals surface area contributed by atoms with Gasteiger partial charge in [-0.3, -0.25) is 0 Å². The second-order valence-corrected chi connectivity index (χ2v) is 6.84. The quantitative estimate of drug-likeness (QED) is 0.922. The molecule has 110 valence electrons. The molecule has 1 aromatic carbocycles. The zero-order valence-electron chi connectivity index (χ0n) is 11.8. The Hall–Kier alpha value is -1.95. The Labute approximate surface area is 124 Å². The van der Waals surface area contributed by atoms with Gasteiger partial charge in [0.2, 0.25) is 5.95 Å². The van der Waals surface area contributed by atoms with Crippen LogP contribution in [0.3, 0.4) is 0 Å². The van der Waals surface area contributed by atoms with Gasteiger partial charge in [0.15, 0.2) is 0 Å². The molecule has 0 spiro atoms. The van der Waals surface area contributed by atoms with Crippen LogP contribution >= 0.6 is 0 Å². The molecule has 2 aromatic rings. The fourth-order valence-corrected chi connectivity index (χ4v) is 3.08. The Morgan fingerprint density at radius 3 is 2.52 bits per heavy atom. The number of hydrogen-bond acceptors (Lipinski definition) is 4. The molecule has 21 heavy (non-hydrogen) atoms. The zero-order valence-corrected chi connectivity index (χ0v) is 12.6. The maximum Gasteiger partial charge on any atom is 0.264 e. The molecule has 1 heterocycles. The number of aromatic nitrogens is 2. The molecule has 1 aliphatic carbocycles. The molecular formula is C15H17N3O2S. The summed E-state index contributed by atoms with van der Waals surface area (Å²) in [5.74, 6) is 0.624. The average Bonchev–Trinajstić information content (AvgIpc) is 3.32. The number of anilines is 1. The SMILES string of the molecule is CCc1cc(C2CC2)nc(NS(=O)(=O)c2ccccc2)n1. The first kappa shape index (κ1) is 14.0. The summed E-state index contributed by atoms with van der Waals surface area (Å²) in [5, 5.41) is 0. The van der Waals surface area contributed by atoms with Crippen molar-refractivity contribution in [2.45, 2.75) is 37.0 Å². The van der Waals surface area contributed by atoms with E-state index in [-0.39, 0.29) is 10.8 Å². The highest BCUT2D eigenvalue weighted by Gasteiger charge is 2.26. The van der Waals surface area contributed by atoms with Crippen molar-refractivity contribution in [2.75, 3.05) is 4.72 Å². The van der Waals surface area contributed by atoms with Gasteiger partial charge in [0, 0.05) is 17.3 Å². The van der Waals surface area contributed by atoms with Crippen LogP contribution < -0.4 is 4.72 Å². The molecule has 5 nitrogen and oxygen atoms in total. The van der Waals surface area contributed by atoms with Crippen LogP contribution in [0, 0.1) is 0 Å². The summed E-state index contributed by atoms with van der Waals surface area (Å²) in [6.07, 6.45) is 2.98. The van der Waals surface area contributed by atoms with Gasteiger partial charge in [-0.15, -0.1) is 0 Å². The van der Waals surface area contributed by atoms with Gasteiger partial charge in [0.1, 0.15) is 0 Å². The van der Waals surface area contributed by atoms with Gasteiger partial charge in [0.25, 0.3) is 10.0 Å². The molecule has 1 fully saturated rings. The summed E-state index contributed by atoms with van der Waals surface area (Å²) in [7, 11) is -3.64. The largest absolute Gasteiger partial charge is 0.264 e. The van der Waals surface area contributed by atoms with Gasteiger partial charge >= 0.3 is 0 Å². The maximum absolute atomic E-state index is 12.3. The van der Waals surface area contributed by atoms with Crippen molar-refractivity contribution in [1.82, 2.24) is 9.97 Å². The molecule has 0 amide bonds. The normalized spacial score (nSPS) is 14.9. The Balaban J connectivity index is 1.92. The lowest BCUT2D eigenvalue weighted by Gasteiger charge is -2.09. The van der Waals surface area contributed by atoms with Crippen LogP contribution in [0.5, 0.6) is 0 Å². The molecule has 0 bridgehead atoms. The smallest absolute Gasteiger partial charge is 0.247 e. The Bertz CT molecular complexity index is 741. The summed E-state index contributed by atoms with van der Waals surface area (Å²) in [4.78, 5) is 8.84. The lowest BCUT2D eigenvalue weighted by Crippen LogP contribution is -2.16. The van der Waals surface area contributed by atoms with Crippen molar-refractivity contribution in [2.24, 2.45) is 0 Å². The van der Waals surface area contributed by atoms with E-state index in [2.05, 4.69) is 14.7 Å². The van der Waals surface area contributed by atoms with E-state index in [1.165, 1.54) is 0 Å². The second-order valence-electron chi connectivity index (χ2n) is 5.15. The number of nitrogens with one attached hydrogen (secondary N) is 1. The van der Waals surface area contributed by atoms with E-state index in [1.807, 2.05) is 13.0 Å². The van der Waals surface area contributed by atoms with Crippen molar-refractivity contribution in [3.8, 4) is 0 Å². The molecule has 0 atom stereocenters. The molecule has 3 rings (SSSR count). The number of nitrogens with zero attached hydrogens (tertiary/aromatic N) is 2. The first-order valence-electron chi connectivity index (χ1n) is 7.04. The van der Waals surface area contributed by atoms with E-state index in [0.717, 1.165) is 30.7 Å². The highest BCUT2D eigenvalue weighted by atomic mass is 32.2. The van der Waals surface area contributed by atoms with Crippen molar-refractivity contribution in [3.63, 3.8) is 0 Å². The molecule has 0 aliphatic heterocycles. The van der Waals surface area contributed by atoms with E-state index < -0.39 is 10.0 Å². The molecule has 0 saturated heterocycles. The Kier molecular flexibility index (Phi) is 3.63. The number of sulfonamides is 1. The zero-order chi connectivity index (χ0) is 14.9. The summed E-state index contributed by atoms with van der Waals surface area (Å²) in [6.45, 7) is 1.99. The van der Waals surface area contributed by atoms with Crippen molar-refractivity contribution >= 4 is 16.0 Å². The van der Waals surface area contributed by atoms with E-state index >= 15 is 0 Å². The topological polar surface area (TPSA) is 72.0 Å². The van der Waals surface area contributed by atoms with Crippen LogP contribution in [0.1, 0.15) is 37.1 Å². The lowest BCUT2D eigenvalue weighted by molar-refractivity contribution is 0.600. The van der Waals surface area contributed by atoms with Crippen LogP contribution in [0.25, 0.3) is 0 Å². The van der Waals surface area contributed by atoms with Crippen LogP contribution in [0.2, 0.25) is 0 Å². The van der Waals surface area contributed by atoms with Crippen LogP contribution in [-0.4, -0.2) is 18.4 Å². The Morgan fingerprint density at radius 2 is 1.90 bits per heavy atom. The van der Waals surface area contributed by atoms with Crippen LogP contribution in [0.15, 0.2) is 41.3 Å². The third kappa shape index (κ3) is 3.21. The van der Waals surface area contributed by atoms with Gasteiger partial charge in [-0.1, -0.05) is 25.1 Å². The lowest BCUT2D eigenvalue weighted by atomic mass is 10.2. The third-order valence-corrected chi connectivity index (χ3v) is 4.78. The second kappa shape index (κ2) is 5.44. The van der Waals surface area contributed by atoms with Crippen LogP contribution in [-0.2, 0) is 16.4 Å². The van der Waals surface area contributed by atoms with Gasteiger partial charge in [0.05, 0.1) is 4.90 Å². The van der Waals surface area contributed by atoms with Gasteiger partial charge < -0.3 is 0 Å². The van der Waals surface area contributed by atoms with E-state index in [1.54, 1.807) is 30.3 Å². The third-order valence-electron chi connectivity index (χ3n) is 3.44. The molecule has 1 aliphatic rings. The monoisotopic (exact) mass is 303 g/mol. The minimum absolute atomic E-state index is 0.167. The minimum Gasteiger partial charge on any atom is -0.247 e. The fraction of sp³-hybridized carbons (Fsp3) is 0.333. The molecule has 0 unspecified atom stereocenters. The number of aryl methyl sites for hydroxylation is 1. The molecule has 1 saturated carbocycles. The molecule has 0 radical (unpaired) electrons. The van der Waals surface area contributed by atoms with Crippen LogP contribution in [0.4, 0.5) is 5.95 Å². The highest BCUT2D eigenvalue weighted by molar-refractivity contribution is 7.92. The van der Waals surface area contributed by atoms with E-state index in [9.17, 15) is 8.42 Å². The van der Waals surface area contributed by atoms with Gasteiger partial charge in [-0.25, -0.2) is 23.1 Å². The first-order chi connectivity index (χ1) is 10.1. The minimum atomic E-state index is -3.64. The summed E-state index contributed by atoms with van der Waals surface area (Å²) in [5.41, 5.74) is 1.80. The predicted octanol–water partition coefficient (Wildman–Crippen LogP) is 2.72. The number of hydrogen-bond donors (Lipinski definition) is 1. The molecule has 6 heteroatoms. The summed E-state index contributed by atoms with van der Waals surface area (Å²) in [6, 6.07) is 10.2. The fourth-order valence-electron chi connectivity index (χ4n) is 2.11. The summed E-state index contributed by atoms with van der Waals surface area (Å²) < 4.78 is 27.1. The van der Waals surface area contributed by atoms with Crippen molar-refractivity contribution in [1.29, 1.82) is 0 Å². The Morgan fingerprint density at radius 1 is 1.19 bits per heavy atom. The average molecular weight is 303 g/mol. The first-order valence-corrected chi connectivity index (χ1v) is 8.52. The highest BCUT2D eigenvalue weighted by Crippen LogP contribution is 2.39. The summed E-state index contributed by atoms with van der Waals surface area (Å²) >= 11 is 0. The van der Waals surface area contributed by atoms with Gasteiger partial charge in [-0.05, 0) is 37.5 Å². The van der Waals surface area contributed by atoms with E-state index in [0.29, 0.717) is 5.92 Å². The predicted molar refractivity (Wildman–Crippen MR) is 80.6 cm³/mol. The molecule has 1 N–H and O–H groups in total. The number of benzene rings is 1. The van der Waals surface area contributed by atoms with Crippen molar-refractivity contribution < 1.29 is 8.42 Å². The van der Waals surface area contributed by atoms with E-state index in [4.69, 9.17) is 0 Å². The van der Waals surface area contributed by atoms with Crippen molar-refractivity contribution in [3.05, 3.63) is 47.8 Å². The maximum atomic E-state index is 12.3.